The molecule has 0 spiro atoms. The van der Waals surface area contributed by atoms with E-state index in [4.69, 9.17) is 0 Å². The van der Waals surface area contributed by atoms with Crippen molar-refractivity contribution in [2.45, 2.75) is 18.6 Å². The average molecular weight is 252 g/mol. The molecule has 1 aromatic carbocycles. The number of benzene rings is 1. The molecule has 18 heavy (non-hydrogen) atoms. The Morgan fingerprint density at radius 3 is 2.89 bits per heavy atom. The van der Waals surface area contributed by atoms with Gasteiger partial charge in [-0.3, -0.25) is 4.90 Å². The summed E-state index contributed by atoms with van der Waals surface area (Å²) in [5.74, 6) is -0.242. The van der Waals surface area contributed by atoms with Crippen molar-refractivity contribution in [2.24, 2.45) is 0 Å². The first-order chi connectivity index (χ1) is 8.56. The van der Waals surface area contributed by atoms with Crippen LogP contribution in [0.4, 0.5) is 4.39 Å². The van der Waals surface area contributed by atoms with Gasteiger partial charge in [0.05, 0.1) is 6.10 Å². The predicted molar refractivity (Wildman–Crippen MR) is 70.0 cm³/mol. The van der Waals surface area contributed by atoms with E-state index in [1.54, 1.807) is 6.07 Å². The summed E-state index contributed by atoms with van der Waals surface area (Å²) in [6.07, 6.45) is 0.0419. The normalized spacial score (nSPS) is 24.1. The monoisotopic (exact) mass is 252 g/mol. The molecule has 0 bridgehead atoms. The van der Waals surface area contributed by atoms with E-state index >= 15 is 0 Å². The van der Waals surface area contributed by atoms with Gasteiger partial charge in [0.1, 0.15) is 5.82 Å². The molecule has 1 N–H and O–H groups in total. The quantitative estimate of drug-likeness (QED) is 0.868. The van der Waals surface area contributed by atoms with Crippen LogP contribution in [0.15, 0.2) is 24.3 Å². The third-order valence-corrected chi connectivity index (χ3v) is 3.68. The fourth-order valence-corrected chi connectivity index (χ4v) is 2.50. The van der Waals surface area contributed by atoms with Crippen LogP contribution in [0.25, 0.3) is 0 Å². The van der Waals surface area contributed by atoms with Gasteiger partial charge in [-0.1, -0.05) is 12.1 Å². The Kier molecular flexibility index (Phi) is 4.32. The van der Waals surface area contributed by atoms with Crippen molar-refractivity contribution < 1.29 is 9.50 Å². The van der Waals surface area contributed by atoms with Crippen molar-refractivity contribution >= 4 is 0 Å². The van der Waals surface area contributed by atoms with E-state index in [1.165, 1.54) is 12.1 Å². The van der Waals surface area contributed by atoms with Gasteiger partial charge < -0.3 is 10.0 Å². The van der Waals surface area contributed by atoms with Crippen molar-refractivity contribution in [3.8, 4) is 0 Å². The third-order valence-electron chi connectivity index (χ3n) is 3.68. The van der Waals surface area contributed by atoms with E-state index in [2.05, 4.69) is 16.8 Å². The zero-order chi connectivity index (χ0) is 13.1. The van der Waals surface area contributed by atoms with Crippen molar-refractivity contribution in [1.29, 1.82) is 0 Å². The van der Waals surface area contributed by atoms with Crippen LogP contribution in [0.2, 0.25) is 0 Å². The Bertz CT molecular complexity index is 399. The van der Waals surface area contributed by atoms with Gasteiger partial charge in [0.25, 0.3) is 0 Å². The highest BCUT2D eigenvalue weighted by atomic mass is 19.1. The van der Waals surface area contributed by atoms with Gasteiger partial charge in [0, 0.05) is 32.1 Å². The zero-order valence-corrected chi connectivity index (χ0v) is 11.0. The molecule has 1 saturated heterocycles. The first kappa shape index (κ1) is 13.5. The second-order valence-electron chi connectivity index (χ2n) is 5.21. The van der Waals surface area contributed by atoms with E-state index in [1.807, 2.05) is 13.1 Å². The molecule has 0 saturated carbocycles. The van der Waals surface area contributed by atoms with Gasteiger partial charge in [0.15, 0.2) is 0 Å². The zero-order valence-electron chi connectivity index (χ0n) is 11.0. The second-order valence-corrected chi connectivity index (χ2v) is 5.21. The number of halogens is 1. The molecule has 4 heteroatoms. The lowest BCUT2D eigenvalue weighted by Crippen LogP contribution is -2.55. The molecular formula is C14H21FN2O. The Balaban J connectivity index is 2.00. The van der Waals surface area contributed by atoms with E-state index in [0.717, 1.165) is 25.2 Å². The number of nitrogens with zero attached hydrogens (tertiary/aromatic N) is 2. The van der Waals surface area contributed by atoms with Crippen LogP contribution in [-0.4, -0.2) is 60.8 Å². The lowest BCUT2D eigenvalue weighted by molar-refractivity contribution is 0.0153. The number of likely N-dealkylation sites (N-methyl/N-ethyl adjacent to an activating group) is 2. The van der Waals surface area contributed by atoms with Crippen molar-refractivity contribution in [3.63, 3.8) is 0 Å². The highest BCUT2D eigenvalue weighted by Gasteiger charge is 2.28. The standard InChI is InChI=1S/C14H21FN2O/c1-16-6-7-17(2)13(10-16)14(18)9-11-4-3-5-12(15)8-11/h3-5,8,13-14,18H,6-7,9-10H2,1-2H3. The Morgan fingerprint density at radius 2 is 2.17 bits per heavy atom. The van der Waals surface area contributed by atoms with Gasteiger partial charge in [0.2, 0.25) is 0 Å². The van der Waals surface area contributed by atoms with Crippen molar-refractivity contribution in [1.82, 2.24) is 9.80 Å². The molecule has 100 valence electrons. The largest absolute Gasteiger partial charge is 0.391 e. The summed E-state index contributed by atoms with van der Waals surface area (Å²) in [6, 6.07) is 6.59. The number of hydrogen-bond acceptors (Lipinski definition) is 3. The summed E-state index contributed by atoms with van der Waals surface area (Å²) in [4.78, 5) is 4.41. The molecule has 0 aromatic heterocycles. The maximum Gasteiger partial charge on any atom is 0.123 e. The molecule has 1 aliphatic heterocycles. The van der Waals surface area contributed by atoms with E-state index in [-0.39, 0.29) is 11.9 Å². The lowest BCUT2D eigenvalue weighted by Gasteiger charge is -2.40. The van der Waals surface area contributed by atoms with Gasteiger partial charge in [-0.25, -0.2) is 4.39 Å². The molecule has 3 nitrogen and oxygen atoms in total. The SMILES string of the molecule is CN1CCN(C)C(C(O)Cc2cccc(F)c2)C1. The number of aliphatic hydroxyl groups is 1. The molecule has 0 aliphatic carbocycles. The Labute approximate surface area is 108 Å². The van der Waals surface area contributed by atoms with E-state index in [0.29, 0.717) is 6.42 Å². The summed E-state index contributed by atoms with van der Waals surface area (Å²) in [5.41, 5.74) is 0.851. The fraction of sp³-hybridized carbons (Fsp3) is 0.571. The van der Waals surface area contributed by atoms with Crippen molar-refractivity contribution in [2.75, 3.05) is 33.7 Å². The first-order valence-corrected chi connectivity index (χ1v) is 6.37. The minimum atomic E-state index is -0.459. The molecule has 1 heterocycles. The molecule has 0 radical (unpaired) electrons. The maximum absolute atomic E-state index is 13.1. The fourth-order valence-electron chi connectivity index (χ4n) is 2.50. The second kappa shape index (κ2) is 5.78. The van der Waals surface area contributed by atoms with Gasteiger partial charge >= 0.3 is 0 Å². The predicted octanol–water partition coefficient (Wildman–Crippen LogP) is 0.975. The smallest absolute Gasteiger partial charge is 0.123 e. The van der Waals surface area contributed by atoms with Crippen LogP contribution in [0, 0.1) is 5.82 Å². The maximum atomic E-state index is 13.1. The van der Waals surface area contributed by atoms with Crippen LogP contribution in [0.3, 0.4) is 0 Å². The first-order valence-electron chi connectivity index (χ1n) is 6.37. The summed E-state index contributed by atoms with van der Waals surface area (Å²) < 4.78 is 13.1. The molecule has 1 fully saturated rings. The van der Waals surface area contributed by atoms with Gasteiger partial charge in [-0.15, -0.1) is 0 Å². The number of hydrogen-bond donors (Lipinski definition) is 1. The van der Waals surface area contributed by atoms with Crippen molar-refractivity contribution in [3.05, 3.63) is 35.6 Å². The number of piperazine rings is 1. The van der Waals surface area contributed by atoms with Crippen LogP contribution in [-0.2, 0) is 6.42 Å². The Morgan fingerprint density at radius 1 is 1.39 bits per heavy atom. The van der Waals surface area contributed by atoms with E-state index in [9.17, 15) is 9.50 Å². The molecule has 2 rings (SSSR count). The summed E-state index contributed by atoms with van der Waals surface area (Å²) >= 11 is 0. The summed E-state index contributed by atoms with van der Waals surface area (Å²) in [6.45, 7) is 2.84. The molecule has 0 amide bonds. The highest BCUT2D eigenvalue weighted by molar-refractivity contribution is 5.17. The van der Waals surface area contributed by atoms with Crippen LogP contribution >= 0.6 is 0 Å². The van der Waals surface area contributed by atoms with Gasteiger partial charge in [-0.05, 0) is 31.8 Å². The average Bonchev–Trinajstić information content (AvgIpc) is 2.32. The van der Waals surface area contributed by atoms with Crippen LogP contribution in [0.1, 0.15) is 5.56 Å². The number of aliphatic hydroxyl groups excluding tert-OH is 1. The summed E-state index contributed by atoms with van der Waals surface area (Å²) in [7, 11) is 4.10. The molecule has 2 unspecified atom stereocenters. The number of rotatable bonds is 3. The van der Waals surface area contributed by atoms with Crippen LogP contribution < -0.4 is 0 Å². The molecule has 1 aromatic rings. The third kappa shape index (κ3) is 3.28. The topological polar surface area (TPSA) is 26.7 Å². The minimum Gasteiger partial charge on any atom is -0.391 e. The highest BCUT2D eigenvalue weighted by Crippen LogP contribution is 2.15. The Hall–Kier alpha value is -0.970. The lowest BCUT2D eigenvalue weighted by atomic mass is 9.99. The van der Waals surface area contributed by atoms with Crippen LogP contribution in [0.5, 0.6) is 0 Å². The molecular weight excluding hydrogens is 231 g/mol. The molecule has 1 aliphatic rings. The minimum absolute atomic E-state index is 0.118. The molecule has 2 atom stereocenters. The van der Waals surface area contributed by atoms with E-state index < -0.39 is 6.10 Å². The van der Waals surface area contributed by atoms with Gasteiger partial charge in [-0.2, -0.15) is 0 Å². The summed E-state index contributed by atoms with van der Waals surface area (Å²) in [5, 5.41) is 10.3.